The molecule has 0 unspecified atom stereocenters. The summed E-state index contributed by atoms with van der Waals surface area (Å²) in [5, 5.41) is 5.63. The van der Waals surface area contributed by atoms with E-state index in [1.165, 1.54) is 12.1 Å². The Morgan fingerprint density at radius 3 is 2.61 bits per heavy atom. The van der Waals surface area contributed by atoms with Crippen molar-refractivity contribution in [1.82, 2.24) is 5.32 Å². The smallest absolute Gasteiger partial charge is 0.253 e. The number of halogens is 1. The van der Waals surface area contributed by atoms with Crippen LogP contribution in [0, 0.1) is 5.82 Å². The fraction of sp³-hybridized carbons (Fsp3) is 0.222. The van der Waals surface area contributed by atoms with Gasteiger partial charge in [0.05, 0.1) is 17.7 Å². The molecule has 2 N–H and O–H groups in total. The summed E-state index contributed by atoms with van der Waals surface area (Å²) in [6.07, 6.45) is 2.05. The number of benzene rings is 2. The highest BCUT2D eigenvalue weighted by molar-refractivity contribution is 6.04. The van der Waals surface area contributed by atoms with Gasteiger partial charge in [0.25, 0.3) is 5.91 Å². The Kier molecular flexibility index (Phi) is 4.37. The van der Waals surface area contributed by atoms with E-state index < -0.39 is 0 Å². The Morgan fingerprint density at radius 2 is 1.87 bits per heavy atom. The van der Waals surface area contributed by atoms with Gasteiger partial charge in [-0.1, -0.05) is 24.3 Å². The summed E-state index contributed by atoms with van der Waals surface area (Å²) in [4.78, 5) is 24.3. The minimum absolute atomic E-state index is 0.0519. The average Bonchev–Trinajstić information content (AvgIpc) is 3.31. The number of rotatable bonds is 5. The summed E-state index contributed by atoms with van der Waals surface area (Å²) in [7, 11) is 0. The summed E-state index contributed by atoms with van der Waals surface area (Å²) in [6.45, 7) is 0. The zero-order valence-electron chi connectivity index (χ0n) is 12.5. The fourth-order valence-electron chi connectivity index (χ4n) is 2.31. The zero-order valence-corrected chi connectivity index (χ0v) is 12.5. The molecule has 1 saturated carbocycles. The lowest BCUT2D eigenvalue weighted by Crippen LogP contribution is -2.27. The summed E-state index contributed by atoms with van der Waals surface area (Å²) in [5.74, 6) is -0.851. The minimum Gasteiger partial charge on any atom is -0.349 e. The first-order valence-corrected chi connectivity index (χ1v) is 7.56. The van der Waals surface area contributed by atoms with Gasteiger partial charge in [0.15, 0.2) is 0 Å². The standard InChI is InChI=1S/C18H17FN2O2/c19-13-5-3-4-12(10-13)11-17(22)21-16-7-2-1-6-15(16)18(23)20-14-8-9-14/h1-7,10,14H,8-9,11H2,(H,20,23)(H,21,22). The minimum atomic E-state index is -0.375. The van der Waals surface area contributed by atoms with E-state index in [1.807, 2.05) is 0 Å². The van der Waals surface area contributed by atoms with Gasteiger partial charge in [0.2, 0.25) is 5.91 Å². The Balaban J connectivity index is 1.69. The Hall–Kier alpha value is -2.69. The van der Waals surface area contributed by atoms with E-state index in [-0.39, 0.29) is 30.1 Å². The van der Waals surface area contributed by atoms with E-state index >= 15 is 0 Å². The topological polar surface area (TPSA) is 58.2 Å². The molecule has 0 heterocycles. The number of hydrogen-bond acceptors (Lipinski definition) is 2. The third-order valence-electron chi connectivity index (χ3n) is 3.61. The van der Waals surface area contributed by atoms with E-state index in [0.29, 0.717) is 16.8 Å². The highest BCUT2D eigenvalue weighted by atomic mass is 19.1. The maximum Gasteiger partial charge on any atom is 0.253 e. The molecule has 2 aromatic rings. The van der Waals surface area contributed by atoms with Crippen molar-refractivity contribution < 1.29 is 14.0 Å². The average molecular weight is 312 g/mol. The molecule has 23 heavy (non-hydrogen) atoms. The molecule has 4 nitrogen and oxygen atoms in total. The molecule has 3 rings (SSSR count). The normalized spacial score (nSPS) is 13.4. The van der Waals surface area contributed by atoms with E-state index in [4.69, 9.17) is 0 Å². The summed E-state index contributed by atoms with van der Waals surface area (Å²) >= 11 is 0. The van der Waals surface area contributed by atoms with Crippen molar-refractivity contribution in [3.05, 3.63) is 65.5 Å². The van der Waals surface area contributed by atoms with Crippen LogP contribution in [-0.4, -0.2) is 17.9 Å². The molecule has 0 aliphatic heterocycles. The quantitative estimate of drug-likeness (QED) is 0.892. The van der Waals surface area contributed by atoms with Gasteiger partial charge >= 0.3 is 0 Å². The van der Waals surface area contributed by atoms with Crippen LogP contribution in [0.4, 0.5) is 10.1 Å². The summed E-state index contributed by atoms with van der Waals surface area (Å²) in [5.41, 5.74) is 1.49. The number of amides is 2. The van der Waals surface area contributed by atoms with Crippen LogP contribution in [0.1, 0.15) is 28.8 Å². The lowest BCUT2D eigenvalue weighted by molar-refractivity contribution is -0.115. The molecule has 0 aromatic heterocycles. The molecule has 0 radical (unpaired) electrons. The lowest BCUT2D eigenvalue weighted by atomic mass is 10.1. The van der Waals surface area contributed by atoms with E-state index in [0.717, 1.165) is 12.8 Å². The van der Waals surface area contributed by atoms with Gasteiger partial charge in [0.1, 0.15) is 5.82 Å². The molecule has 0 saturated heterocycles. The van der Waals surface area contributed by atoms with Crippen LogP contribution < -0.4 is 10.6 Å². The first-order valence-electron chi connectivity index (χ1n) is 7.56. The predicted octanol–water partition coefficient (Wildman–Crippen LogP) is 2.90. The van der Waals surface area contributed by atoms with E-state index in [2.05, 4.69) is 10.6 Å². The first kappa shape index (κ1) is 15.2. The molecular weight excluding hydrogens is 295 g/mol. The van der Waals surface area contributed by atoms with Crippen molar-refractivity contribution >= 4 is 17.5 Å². The van der Waals surface area contributed by atoms with Crippen molar-refractivity contribution in [3.63, 3.8) is 0 Å². The van der Waals surface area contributed by atoms with Crippen molar-refractivity contribution in [2.45, 2.75) is 25.3 Å². The zero-order chi connectivity index (χ0) is 16.2. The second-order valence-corrected chi connectivity index (χ2v) is 5.65. The third kappa shape index (κ3) is 4.16. The van der Waals surface area contributed by atoms with Gasteiger partial charge < -0.3 is 10.6 Å². The van der Waals surface area contributed by atoms with Crippen LogP contribution in [0.25, 0.3) is 0 Å². The molecule has 2 amide bonds. The fourth-order valence-corrected chi connectivity index (χ4v) is 2.31. The van der Waals surface area contributed by atoms with Crippen LogP contribution in [0.2, 0.25) is 0 Å². The lowest BCUT2D eigenvalue weighted by Gasteiger charge is -2.11. The van der Waals surface area contributed by atoms with Crippen LogP contribution in [-0.2, 0) is 11.2 Å². The van der Waals surface area contributed by atoms with Gasteiger partial charge in [-0.05, 0) is 42.7 Å². The number of anilines is 1. The van der Waals surface area contributed by atoms with Crippen LogP contribution >= 0.6 is 0 Å². The van der Waals surface area contributed by atoms with E-state index in [1.54, 1.807) is 36.4 Å². The molecule has 0 bridgehead atoms. The first-order chi connectivity index (χ1) is 11.1. The Bertz CT molecular complexity index is 741. The second kappa shape index (κ2) is 6.60. The number of carbonyl (C=O) groups excluding carboxylic acids is 2. The molecule has 1 fully saturated rings. The largest absolute Gasteiger partial charge is 0.349 e. The van der Waals surface area contributed by atoms with Gasteiger partial charge in [-0.3, -0.25) is 9.59 Å². The van der Waals surface area contributed by atoms with Gasteiger partial charge in [-0.25, -0.2) is 4.39 Å². The molecule has 0 spiro atoms. The second-order valence-electron chi connectivity index (χ2n) is 5.65. The predicted molar refractivity (Wildman–Crippen MR) is 85.7 cm³/mol. The van der Waals surface area contributed by atoms with Gasteiger partial charge in [-0.15, -0.1) is 0 Å². The summed E-state index contributed by atoms with van der Waals surface area (Å²) < 4.78 is 13.2. The maximum atomic E-state index is 13.2. The van der Waals surface area contributed by atoms with Crippen LogP contribution in [0.3, 0.4) is 0 Å². The Morgan fingerprint density at radius 1 is 1.09 bits per heavy atom. The maximum absolute atomic E-state index is 13.2. The van der Waals surface area contributed by atoms with Gasteiger partial charge in [0, 0.05) is 6.04 Å². The Labute approximate surface area is 133 Å². The van der Waals surface area contributed by atoms with E-state index in [9.17, 15) is 14.0 Å². The molecule has 0 atom stereocenters. The van der Waals surface area contributed by atoms with Crippen molar-refractivity contribution in [3.8, 4) is 0 Å². The highest BCUT2D eigenvalue weighted by Crippen LogP contribution is 2.21. The number of hydrogen-bond donors (Lipinski definition) is 2. The molecule has 5 heteroatoms. The number of para-hydroxylation sites is 1. The highest BCUT2D eigenvalue weighted by Gasteiger charge is 2.25. The summed E-state index contributed by atoms with van der Waals surface area (Å²) in [6, 6.07) is 13.0. The molecule has 1 aliphatic rings. The third-order valence-corrected chi connectivity index (χ3v) is 3.61. The van der Waals surface area contributed by atoms with Crippen molar-refractivity contribution in [1.29, 1.82) is 0 Å². The molecule has 2 aromatic carbocycles. The number of carbonyl (C=O) groups is 2. The van der Waals surface area contributed by atoms with Crippen molar-refractivity contribution in [2.75, 3.05) is 5.32 Å². The molecule has 118 valence electrons. The SMILES string of the molecule is O=C(Cc1cccc(F)c1)Nc1ccccc1C(=O)NC1CC1. The molecular formula is C18H17FN2O2. The number of nitrogens with one attached hydrogen (secondary N) is 2. The molecule has 1 aliphatic carbocycles. The van der Waals surface area contributed by atoms with Crippen LogP contribution in [0.15, 0.2) is 48.5 Å². The van der Waals surface area contributed by atoms with Crippen molar-refractivity contribution in [2.24, 2.45) is 0 Å². The van der Waals surface area contributed by atoms with Gasteiger partial charge in [-0.2, -0.15) is 0 Å². The van der Waals surface area contributed by atoms with Crippen LogP contribution in [0.5, 0.6) is 0 Å². The monoisotopic (exact) mass is 312 g/mol.